The highest BCUT2D eigenvalue weighted by molar-refractivity contribution is 5.98. The SMILES string of the molecule is CCN(CC)C(=O)c1cnc2cccc(O)c2c1. The van der Waals surface area contributed by atoms with E-state index in [1.54, 1.807) is 35.4 Å². The summed E-state index contributed by atoms with van der Waals surface area (Å²) in [6, 6.07) is 6.82. The summed E-state index contributed by atoms with van der Waals surface area (Å²) in [5, 5.41) is 10.4. The van der Waals surface area contributed by atoms with E-state index in [1.165, 1.54) is 0 Å². The molecule has 94 valence electrons. The lowest BCUT2D eigenvalue weighted by Crippen LogP contribution is -2.30. The summed E-state index contributed by atoms with van der Waals surface area (Å²) in [6.07, 6.45) is 1.56. The lowest BCUT2D eigenvalue weighted by atomic mass is 10.1. The van der Waals surface area contributed by atoms with E-state index in [2.05, 4.69) is 4.98 Å². The molecule has 1 aromatic heterocycles. The lowest BCUT2D eigenvalue weighted by Gasteiger charge is -2.18. The molecular formula is C14H16N2O2. The summed E-state index contributed by atoms with van der Waals surface area (Å²) < 4.78 is 0. The highest BCUT2D eigenvalue weighted by Crippen LogP contribution is 2.23. The molecule has 1 aromatic carbocycles. The molecule has 1 N–H and O–H groups in total. The van der Waals surface area contributed by atoms with Gasteiger partial charge in [-0.25, -0.2) is 0 Å². The predicted molar refractivity (Wildman–Crippen MR) is 70.7 cm³/mol. The Morgan fingerprint density at radius 1 is 1.33 bits per heavy atom. The van der Waals surface area contributed by atoms with Crippen molar-refractivity contribution in [1.82, 2.24) is 9.88 Å². The van der Waals surface area contributed by atoms with Gasteiger partial charge in [-0.1, -0.05) is 6.07 Å². The standard InChI is InChI=1S/C14H16N2O2/c1-3-16(4-2)14(18)10-8-11-12(15-9-10)6-5-7-13(11)17/h5-9,17H,3-4H2,1-2H3. The molecule has 0 aliphatic rings. The summed E-state index contributed by atoms with van der Waals surface area (Å²) in [7, 11) is 0. The van der Waals surface area contributed by atoms with Gasteiger partial charge in [0.1, 0.15) is 5.75 Å². The Balaban J connectivity index is 2.47. The van der Waals surface area contributed by atoms with Crippen LogP contribution in [0.15, 0.2) is 30.5 Å². The Hall–Kier alpha value is -2.10. The van der Waals surface area contributed by atoms with E-state index in [9.17, 15) is 9.90 Å². The molecule has 0 aliphatic carbocycles. The summed E-state index contributed by atoms with van der Waals surface area (Å²) in [4.78, 5) is 18.1. The second kappa shape index (κ2) is 5.04. The number of carbonyl (C=O) groups is 1. The number of carbonyl (C=O) groups excluding carboxylic acids is 1. The van der Waals surface area contributed by atoms with E-state index >= 15 is 0 Å². The molecule has 1 amide bonds. The van der Waals surface area contributed by atoms with Gasteiger partial charge in [0.05, 0.1) is 11.1 Å². The number of hydrogen-bond donors (Lipinski definition) is 1. The number of aromatic nitrogens is 1. The minimum atomic E-state index is -0.0577. The molecule has 0 bridgehead atoms. The number of phenolic OH excluding ortho intramolecular Hbond substituents is 1. The van der Waals surface area contributed by atoms with Crippen LogP contribution in [0.1, 0.15) is 24.2 Å². The molecule has 0 spiro atoms. The van der Waals surface area contributed by atoms with Crippen molar-refractivity contribution in [2.75, 3.05) is 13.1 Å². The Kier molecular flexibility index (Phi) is 3.46. The second-order valence-corrected chi connectivity index (χ2v) is 4.05. The van der Waals surface area contributed by atoms with Gasteiger partial charge in [0.25, 0.3) is 5.91 Å². The normalized spacial score (nSPS) is 10.6. The van der Waals surface area contributed by atoms with Gasteiger partial charge < -0.3 is 10.0 Å². The highest BCUT2D eigenvalue weighted by Gasteiger charge is 2.14. The first-order valence-corrected chi connectivity index (χ1v) is 6.04. The van der Waals surface area contributed by atoms with Crippen LogP contribution in [0, 0.1) is 0 Å². The fourth-order valence-corrected chi connectivity index (χ4v) is 1.94. The zero-order valence-corrected chi connectivity index (χ0v) is 10.6. The topological polar surface area (TPSA) is 53.4 Å². The van der Waals surface area contributed by atoms with Crippen LogP contribution in [0.2, 0.25) is 0 Å². The van der Waals surface area contributed by atoms with Crippen molar-refractivity contribution in [2.45, 2.75) is 13.8 Å². The Morgan fingerprint density at radius 3 is 2.72 bits per heavy atom. The van der Waals surface area contributed by atoms with E-state index in [0.29, 0.717) is 29.6 Å². The number of rotatable bonds is 3. The van der Waals surface area contributed by atoms with E-state index in [4.69, 9.17) is 0 Å². The van der Waals surface area contributed by atoms with Crippen LogP contribution in [0.3, 0.4) is 0 Å². The first-order chi connectivity index (χ1) is 8.67. The highest BCUT2D eigenvalue weighted by atomic mass is 16.3. The Bertz CT molecular complexity index is 577. The molecule has 18 heavy (non-hydrogen) atoms. The fourth-order valence-electron chi connectivity index (χ4n) is 1.94. The van der Waals surface area contributed by atoms with Crippen molar-refractivity contribution >= 4 is 16.8 Å². The van der Waals surface area contributed by atoms with Gasteiger partial charge >= 0.3 is 0 Å². The summed E-state index contributed by atoms with van der Waals surface area (Å²) in [6.45, 7) is 5.20. The quantitative estimate of drug-likeness (QED) is 0.902. The van der Waals surface area contributed by atoms with Crippen molar-refractivity contribution in [2.24, 2.45) is 0 Å². The first-order valence-electron chi connectivity index (χ1n) is 6.04. The lowest BCUT2D eigenvalue weighted by molar-refractivity contribution is 0.0773. The molecule has 1 heterocycles. The molecule has 0 fully saturated rings. The molecule has 4 nitrogen and oxygen atoms in total. The van der Waals surface area contributed by atoms with Crippen molar-refractivity contribution in [1.29, 1.82) is 0 Å². The molecule has 4 heteroatoms. The summed E-state index contributed by atoms with van der Waals surface area (Å²) >= 11 is 0. The smallest absolute Gasteiger partial charge is 0.255 e. The minimum Gasteiger partial charge on any atom is -0.507 e. The van der Waals surface area contributed by atoms with Crippen LogP contribution >= 0.6 is 0 Å². The van der Waals surface area contributed by atoms with Crippen molar-refractivity contribution in [3.05, 3.63) is 36.0 Å². The Morgan fingerprint density at radius 2 is 2.06 bits per heavy atom. The van der Waals surface area contributed by atoms with Crippen molar-refractivity contribution < 1.29 is 9.90 Å². The maximum Gasteiger partial charge on any atom is 0.255 e. The van der Waals surface area contributed by atoms with Crippen LogP contribution < -0.4 is 0 Å². The number of amides is 1. The van der Waals surface area contributed by atoms with E-state index < -0.39 is 0 Å². The van der Waals surface area contributed by atoms with Crippen LogP contribution in [0.25, 0.3) is 10.9 Å². The summed E-state index contributed by atoms with van der Waals surface area (Å²) in [5.74, 6) is 0.0897. The molecule has 0 aliphatic heterocycles. The number of pyridine rings is 1. The van der Waals surface area contributed by atoms with Gasteiger partial charge in [-0.05, 0) is 32.0 Å². The largest absolute Gasteiger partial charge is 0.507 e. The average Bonchev–Trinajstić information content (AvgIpc) is 2.40. The van der Waals surface area contributed by atoms with Gasteiger partial charge in [0, 0.05) is 24.7 Å². The number of fused-ring (bicyclic) bond motifs is 1. The van der Waals surface area contributed by atoms with Crippen LogP contribution in [-0.4, -0.2) is 34.0 Å². The van der Waals surface area contributed by atoms with Gasteiger partial charge in [0.15, 0.2) is 0 Å². The number of nitrogens with zero attached hydrogens (tertiary/aromatic N) is 2. The number of benzene rings is 1. The molecule has 0 saturated heterocycles. The van der Waals surface area contributed by atoms with E-state index in [-0.39, 0.29) is 11.7 Å². The fraction of sp³-hybridized carbons (Fsp3) is 0.286. The minimum absolute atomic E-state index is 0.0577. The molecule has 0 saturated carbocycles. The van der Waals surface area contributed by atoms with Gasteiger partial charge in [-0.3, -0.25) is 9.78 Å². The van der Waals surface area contributed by atoms with Gasteiger partial charge in [-0.2, -0.15) is 0 Å². The van der Waals surface area contributed by atoms with Crippen LogP contribution in [0.4, 0.5) is 0 Å². The monoisotopic (exact) mass is 244 g/mol. The average molecular weight is 244 g/mol. The maximum atomic E-state index is 12.2. The third-order valence-electron chi connectivity index (χ3n) is 3.00. The van der Waals surface area contributed by atoms with Crippen LogP contribution in [-0.2, 0) is 0 Å². The second-order valence-electron chi connectivity index (χ2n) is 4.05. The van der Waals surface area contributed by atoms with Crippen molar-refractivity contribution in [3.63, 3.8) is 0 Å². The number of aromatic hydroxyl groups is 1. The van der Waals surface area contributed by atoms with Crippen molar-refractivity contribution in [3.8, 4) is 5.75 Å². The zero-order chi connectivity index (χ0) is 13.1. The number of phenols is 1. The molecule has 0 atom stereocenters. The summed E-state index contributed by atoms with van der Waals surface area (Å²) in [5.41, 5.74) is 1.19. The van der Waals surface area contributed by atoms with Gasteiger partial charge in [-0.15, -0.1) is 0 Å². The number of hydrogen-bond acceptors (Lipinski definition) is 3. The molecule has 2 rings (SSSR count). The molecule has 2 aromatic rings. The molecule has 0 unspecified atom stereocenters. The van der Waals surface area contributed by atoms with E-state index in [1.807, 2.05) is 13.8 Å². The molecule has 0 radical (unpaired) electrons. The third kappa shape index (κ3) is 2.14. The van der Waals surface area contributed by atoms with Gasteiger partial charge in [0.2, 0.25) is 0 Å². The zero-order valence-electron chi connectivity index (χ0n) is 10.6. The Labute approximate surface area is 106 Å². The third-order valence-corrected chi connectivity index (χ3v) is 3.00. The maximum absolute atomic E-state index is 12.2. The predicted octanol–water partition coefficient (Wildman–Crippen LogP) is 2.42. The van der Waals surface area contributed by atoms with Crippen LogP contribution in [0.5, 0.6) is 5.75 Å². The first kappa shape index (κ1) is 12.4. The van der Waals surface area contributed by atoms with E-state index in [0.717, 1.165) is 0 Å². The molecular weight excluding hydrogens is 228 g/mol.